The van der Waals surface area contributed by atoms with Gasteiger partial charge in [-0.2, -0.15) is 0 Å². The maximum absolute atomic E-state index is 14.2. The third-order valence-electron chi connectivity index (χ3n) is 12.6. The Bertz CT molecular complexity index is 1090. The van der Waals surface area contributed by atoms with Gasteiger partial charge in [0.05, 0.1) is 17.9 Å². The predicted octanol–water partition coefficient (Wildman–Crippen LogP) is 6.26. The molecule has 10 atom stereocenters. The minimum atomic E-state index is -0.848. The first kappa shape index (κ1) is 26.7. The normalized spacial score (nSPS) is 42.7. The summed E-state index contributed by atoms with van der Waals surface area (Å²) in [6.07, 6.45) is 9.41. The number of benzene rings is 1. The van der Waals surface area contributed by atoms with Crippen molar-refractivity contribution in [2.75, 3.05) is 11.4 Å². The monoisotopic (exact) mass is 529 g/mol. The zero-order chi connectivity index (χ0) is 27.0. The molecule has 210 valence electrons. The zero-order valence-corrected chi connectivity index (χ0v) is 23.3. The SMILES string of the molecule is C[C@H](CCC(=O)N1CCc2c1ccc(F)c2F)[C@H]1CC[C@H]2[C@@H]3[C@@H](O)C[C@@H]4C[C@H](O)CC[C@]4(C)[C@H]3CC[C@]12C. The van der Waals surface area contributed by atoms with E-state index in [4.69, 9.17) is 0 Å². The molecule has 1 aliphatic heterocycles. The molecule has 6 heteroatoms. The van der Waals surface area contributed by atoms with Crippen molar-refractivity contribution in [2.45, 2.75) is 104 Å². The Balaban J connectivity index is 1.13. The summed E-state index contributed by atoms with van der Waals surface area (Å²) in [7, 11) is 0. The van der Waals surface area contributed by atoms with Crippen LogP contribution in [-0.4, -0.2) is 34.9 Å². The molecule has 6 rings (SSSR count). The smallest absolute Gasteiger partial charge is 0.227 e. The number of rotatable bonds is 4. The van der Waals surface area contributed by atoms with E-state index in [1.54, 1.807) is 4.90 Å². The Labute approximate surface area is 226 Å². The number of aliphatic hydroxyl groups is 2. The number of anilines is 1. The molecule has 0 saturated heterocycles. The van der Waals surface area contributed by atoms with Gasteiger partial charge in [0.15, 0.2) is 11.6 Å². The van der Waals surface area contributed by atoms with E-state index in [1.807, 2.05) is 0 Å². The lowest BCUT2D eigenvalue weighted by molar-refractivity contribution is -0.174. The summed E-state index contributed by atoms with van der Waals surface area (Å²) < 4.78 is 27.8. The summed E-state index contributed by atoms with van der Waals surface area (Å²) >= 11 is 0. The molecule has 2 N–H and O–H groups in total. The summed E-state index contributed by atoms with van der Waals surface area (Å²) in [5.74, 6) is 1.10. The maximum Gasteiger partial charge on any atom is 0.227 e. The molecule has 5 aliphatic rings. The van der Waals surface area contributed by atoms with Crippen molar-refractivity contribution >= 4 is 11.6 Å². The first-order valence-corrected chi connectivity index (χ1v) is 15.2. The van der Waals surface area contributed by atoms with Crippen molar-refractivity contribution in [2.24, 2.45) is 46.3 Å². The lowest BCUT2D eigenvalue weighted by atomic mass is 9.43. The lowest BCUT2D eigenvalue weighted by Crippen LogP contribution is -2.58. The Morgan fingerprint density at radius 1 is 1.05 bits per heavy atom. The molecule has 38 heavy (non-hydrogen) atoms. The standard InChI is InChI=1S/C32H45F2NO3/c1-18(4-9-28(38)35-15-12-21-26(35)8-7-25(33)30(21)34)22-5-6-23-29-24(11-14-32(22,23)3)31(2)13-10-20(36)16-19(31)17-27(29)37/h7-8,18-20,22-24,27,29,36-37H,4-6,9-17H2,1-3H3/t18-,19+,20-,22-,23+,24+,27+,29+,31+,32-/m1/s1. The van der Waals surface area contributed by atoms with Crippen molar-refractivity contribution in [3.63, 3.8) is 0 Å². The number of aliphatic hydroxyl groups excluding tert-OH is 2. The Hall–Kier alpha value is -1.53. The van der Waals surface area contributed by atoms with Crippen LogP contribution in [0.3, 0.4) is 0 Å². The molecule has 1 amide bonds. The van der Waals surface area contributed by atoms with Gasteiger partial charge in [0.1, 0.15) is 0 Å². The maximum atomic E-state index is 14.2. The first-order valence-electron chi connectivity index (χ1n) is 15.2. The number of carbonyl (C=O) groups excluding carboxylic acids is 1. The molecule has 1 heterocycles. The van der Waals surface area contributed by atoms with Crippen molar-refractivity contribution < 1.29 is 23.8 Å². The Kier molecular flexibility index (Phi) is 6.70. The van der Waals surface area contributed by atoms with Crippen LogP contribution in [0, 0.1) is 58.0 Å². The number of fused-ring (bicyclic) bond motifs is 6. The van der Waals surface area contributed by atoms with Crippen molar-refractivity contribution in [3.05, 3.63) is 29.3 Å². The van der Waals surface area contributed by atoms with Crippen molar-refractivity contribution in [1.29, 1.82) is 0 Å². The van der Waals surface area contributed by atoms with Crippen LogP contribution in [0.15, 0.2) is 12.1 Å². The van der Waals surface area contributed by atoms with Crippen LogP contribution in [0.1, 0.15) is 90.5 Å². The molecule has 1 aromatic rings. The highest BCUT2D eigenvalue weighted by atomic mass is 19.2. The average molecular weight is 530 g/mol. The van der Waals surface area contributed by atoms with Crippen LogP contribution in [-0.2, 0) is 11.2 Å². The van der Waals surface area contributed by atoms with Gasteiger partial charge < -0.3 is 15.1 Å². The van der Waals surface area contributed by atoms with Crippen LogP contribution in [0.2, 0.25) is 0 Å². The summed E-state index contributed by atoms with van der Waals surface area (Å²) in [4.78, 5) is 14.8. The third kappa shape index (κ3) is 3.98. The molecular formula is C32H45F2NO3. The fourth-order valence-corrected chi connectivity index (χ4v) is 10.5. The van der Waals surface area contributed by atoms with Crippen LogP contribution in [0.5, 0.6) is 0 Å². The molecule has 4 nitrogen and oxygen atoms in total. The third-order valence-corrected chi connectivity index (χ3v) is 12.6. The highest BCUT2D eigenvalue weighted by Gasteiger charge is 2.62. The van der Waals surface area contributed by atoms with E-state index in [1.165, 1.54) is 12.5 Å². The molecule has 0 radical (unpaired) electrons. The highest BCUT2D eigenvalue weighted by molar-refractivity contribution is 5.95. The van der Waals surface area contributed by atoms with Crippen molar-refractivity contribution in [1.82, 2.24) is 0 Å². The van der Waals surface area contributed by atoms with Gasteiger partial charge >= 0.3 is 0 Å². The second-order valence-electron chi connectivity index (χ2n) is 14.1. The molecule has 0 aromatic heterocycles. The number of hydrogen-bond donors (Lipinski definition) is 2. The van der Waals surface area contributed by atoms with Crippen LogP contribution < -0.4 is 4.90 Å². The quantitative estimate of drug-likeness (QED) is 0.484. The van der Waals surface area contributed by atoms with Crippen LogP contribution in [0.4, 0.5) is 14.5 Å². The zero-order valence-electron chi connectivity index (χ0n) is 23.3. The van der Waals surface area contributed by atoms with E-state index in [2.05, 4.69) is 20.8 Å². The van der Waals surface area contributed by atoms with Gasteiger partial charge in [-0.1, -0.05) is 20.8 Å². The highest BCUT2D eigenvalue weighted by Crippen LogP contribution is 2.68. The van der Waals surface area contributed by atoms with Gasteiger partial charge in [-0.15, -0.1) is 0 Å². The Morgan fingerprint density at radius 3 is 2.58 bits per heavy atom. The van der Waals surface area contributed by atoms with Gasteiger partial charge in [-0.05, 0) is 123 Å². The van der Waals surface area contributed by atoms with Crippen molar-refractivity contribution in [3.8, 4) is 0 Å². The van der Waals surface area contributed by atoms with Gasteiger partial charge in [0, 0.05) is 18.5 Å². The summed E-state index contributed by atoms with van der Waals surface area (Å²) in [6.45, 7) is 7.63. The van der Waals surface area contributed by atoms with Crippen LogP contribution >= 0.6 is 0 Å². The second kappa shape index (κ2) is 9.54. The van der Waals surface area contributed by atoms with E-state index in [0.29, 0.717) is 66.1 Å². The molecule has 4 aliphatic carbocycles. The largest absolute Gasteiger partial charge is 0.393 e. The van der Waals surface area contributed by atoms with Crippen LogP contribution in [0.25, 0.3) is 0 Å². The van der Waals surface area contributed by atoms with E-state index in [9.17, 15) is 23.8 Å². The molecular weight excluding hydrogens is 484 g/mol. The molecule has 1 aromatic carbocycles. The number of amides is 1. The number of halogens is 2. The topological polar surface area (TPSA) is 60.8 Å². The minimum absolute atomic E-state index is 0.00571. The average Bonchev–Trinajstić information content (AvgIpc) is 3.47. The minimum Gasteiger partial charge on any atom is -0.393 e. The molecule has 0 unspecified atom stereocenters. The fraction of sp³-hybridized carbons (Fsp3) is 0.781. The molecule has 4 saturated carbocycles. The number of hydrogen-bond acceptors (Lipinski definition) is 3. The molecule has 0 spiro atoms. The first-order chi connectivity index (χ1) is 18.0. The van der Waals surface area contributed by atoms with Gasteiger partial charge in [0.25, 0.3) is 0 Å². The second-order valence-corrected chi connectivity index (χ2v) is 14.1. The summed E-state index contributed by atoms with van der Waals surface area (Å²) in [5.41, 5.74) is 1.27. The fourth-order valence-electron chi connectivity index (χ4n) is 10.5. The summed E-state index contributed by atoms with van der Waals surface area (Å²) in [5, 5.41) is 21.8. The van der Waals surface area contributed by atoms with E-state index >= 15 is 0 Å². The summed E-state index contributed by atoms with van der Waals surface area (Å²) in [6, 6.07) is 2.66. The van der Waals surface area contributed by atoms with E-state index < -0.39 is 11.6 Å². The van der Waals surface area contributed by atoms with Gasteiger partial charge in [-0.3, -0.25) is 4.79 Å². The van der Waals surface area contributed by atoms with E-state index in [0.717, 1.165) is 57.4 Å². The lowest BCUT2D eigenvalue weighted by Gasteiger charge is -2.62. The van der Waals surface area contributed by atoms with Gasteiger partial charge in [-0.25, -0.2) is 8.78 Å². The Morgan fingerprint density at radius 2 is 1.79 bits per heavy atom. The molecule has 4 fully saturated rings. The van der Waals surface area contributed by atoms with Gasteiger partial charge in [0.2, 0.25) is 5.91 Å². The van der Waals surface area contributed by atoms with E-state index in [-0.39, 0.29) is 28.9 Å². The molecule has 0 bridgehead atoms. The predicted molar refractivity (Wildman–Crippen MR) is 143 cm³/mol. The number of carbonyl (C=O) groups is 1. The number of nitrogens with zero attached hydrogens (tertiary/aromatic N) is 1.